The van der Waals surface area contributed by atoms with Crippen molar-refractivity contribution in [3.8, 4) is 0 Å². The molecule has 0 aliphatic carbocycles. The normalized spacial score (nSPS) is 15.8. The van der Waals surface area contributed by atoms with Gasteiger partial charge in [0.25, 0.3) is 0 Å². The first-order chi connectivity index (χ1) is 11.6. The Bertz CT molecular complexity index is 756. The maximum absolute atomic E-state index is 12.4. The van der Waals surface area contributed by atoms with Gasteiger partial charge in [0.05, 0.1) is 10.7 Å². The lowest BCUT2D eigenvalue weighted by Gasteiger charge is -2.34. The predicted octanol–water partition coefficient (Wildman–Crippen LogP) is 1.58. The first-order valence-corrected chi connectivity index (χ1v) is 9.91. The molecule has 130 valence electrons. The van der Waals surface area contributed by atoms with Gasteiger partial charge in [0.1, 0.15) is 6.54 Å². The van der Waals surface area contributed by atoms with Gasteiger partial charge in [0.15, 0.2) is 0 Å². The molecule has 1 amide bonds. The van der Waals surface area contributed by atoms with Crippen molar-refractivity contribution < 1.29 is 4.79 Å². The smallest absolute Gasteiger partial charge is 0.307 e. The first kappa shape index (κ1) is 17.3. The Morgan fingerprint density at radius 1 is 1.21 bits per heavy atom. The van der Waals surface area contributed by atoms with Crippen LogP contribution in [0, 0.1) is 6.92 Å². The van der Waals surface area contributed by atoms with E-state index in [1.807, 2.05) is 11.8 Å². The van der Waals surface area contributed by atoms with Crippen molar-refractivity contribution in [1.29, 1.82) is 0 Å². The number of amides is 1. The molecule has 0 spiro atoms. The molecule has 24 heavy (non-hydrogen) atoms. The maximum atomic E-state index is 12.4. The van der Waals surface area contributed by atoms with E-state index >= 15 is 0 Å². The summed E-state index contributed by atoms with van der Waals surface area (Å²) in [6, 6.07) is 0. The monoisotopic (exact) mass is 366 g/mol. The number of carbonyl (C=O) groups excluding carboxylic acids is 1. The third kappa shape index (κ3) is 3.93. The van der Waals surface area contributed by atoms with E-state index in [9.17, 15) is 9.59 Å². The number of rotatable bonds is 5. The molecule has 0 bridgehead atoms. The molecule has 1 saturated heterocycles. The first-order valence-electron chi connectivity index (χ1n) is 8.15. The molecule has 2 aromatic heterocycles. The molecule has 8 heteroatoms. The molecular weight excluding hydrogens is 344 g/mol. The molecule has 1 aliphatic rings. The molecule has 0 radical (unpaired) electrons. The van der Waals surface area contributed by atoms with Gasteiger partial charge in [0.2, 0.25) is 5.91 Å². The molecule has 6 nitrogen and oxygen atoms in total. The molecule has 2 aromatic rings. The molecule has 1 aliphatic heterocycles. The second kappa shape index (κ2) is 7.58. The van der Waals surface area contributed by atoms with Gasteiger partial charge < -0.3 is 4.90 Å². The Morgan fingerprint density at radius 3 is 2.54 bits per heavy atom. The Balaban J connectivity index is 1.51. The van der Waals surface area contributed by atoms with Crippen LogP contribution in [0.1, 0.15) is 23.3 Å². The topological polar surface area (TPSA) is 58.4 Å². The highest BCUT2D eigenvalue weighted by atomic mass is 32.1. The van der Waals surface area contributed by atoms with Crippen molar-refractivity contribution >= 4 is 28.6 Å². The molecule has 0 unspecified atom stereocenters. The molecule has 0 aromatic carbocycles. The minimum Gasteiger partial charge on any atom is -0.339 e. The molecule has 0 N–H and O–H groups in total. The standard InChI is InChI=1S/C16H22N4O2S2/c1-3-14-17-13(11-23-14)8-18-4-6-19(7-5-18)15(21)9-20-12(2)10-24-16(20)22/h10-11H,3-9H2,1-2H3. The summed E-state index contributed by atoms with van der Waals surface area (Å²) in [6.45, 7) is 8.10. The number of aryl methyl sites for hydroxylation is 2. The summed E-state index contributed by atoms with van der Waals surface area (Å²) >= 11 is 2.86. The van der Waals surface area contributed by atoms with Crippen LogP contribution in [-0.2, 0) is 24.3 Å². The largest absolute Gasteiger partial charge is 0.339 e. The van der Waals surface area contributed by atoms with Gasteiger partial charge in [-0.15, -0.1) is 11.3 Å². The number of piperazine rings is 1. The van der Waals surface area contributed by atoms with Gasteiger partial charge in [-0.1, -0.05) is 18.3 Å². The fraction of sp³-hybridized carbons (Fsp3) is 0.562. The van der Waals surface area contributed by atoms with Gasteiger partial charge in [-0.25, -0.2) is 4.98 Å². The van der Waals surface area contributed by atoms with E-state index in [0.717, 1.165) is 48.8 Å². The van der Waals surface area contributed by atoms with Crippen LogP contribution in [0.2, 0.25) is 0 Å². The van der Waals surface area contributed by atoms with Crippen molar-refractivity contribution in [3.63, 3.8) is 0 Å². The number of carbonyl (C=O) groups is 1. The Morgan fingerprint density at radius 2 is 1.96 bits per heavy atom. The fourth-order valence-corrected chi connectivity index (χ4v) is 4.27. The number of aromatic nitrogens is 2. The van der Waals surface area contributed by atoms with Gasteiger partial charge in [0, 0.05) is 49.2 Å². The van der Waals surface area contributed by atoms with E-state index in [-0.39, 0.29) is 17.3 Å². The van der Waals surface area contributed by atoms with E-state index in [1.54, 1.807) is 21.3 Å². The lowest BCUT2D eigenvalue weighted by atomic mass is 10.3. The third-order valence-electron chi connectivity index (χ3n) is 4.28. The summed E-state index contributed by atoms with van der Waals surface area (Å²) < 4.78 is 1.56. The predicted molar refractivity (Wildman–Crippen MR) is 96.7 cm³/mol. The number of hydrogen-bond acceptors (Lipinski definition) is 6. The summed E-state index contributed by atoms with van der Waals surface area (Å²) in [7, 11) is 0. The molecule has 3 rings (SSSR count). The average Bonchev–Trinajstić information content (AvgIpc) is 3.17. The quantitative estimate of drug-likeness (QED) is 0.806. The van der Waals surface area contributed by atoms with Crippen LogP contribution in [0.3, 0.4) is 0 Å². The van der Waals surface area contributed by atoms with Crippen LogP contribution in [0.15, 0.2) is 15.6 Å². The molecule has 3 heterocycles. The highest BCUT2D eigenvalue weighted by molar-refractivity contribution is 7.09. The van der Waals surface area contributed by atoms with Crippen molar-refractivity contribution in [2.45, 2.75) is 33.4 Å². The zero-order valence-electron chi connectivity index (χ0n) is 14.0. The summed E-state index contributed by atoms with van der Waals surface area (Å²) in [5, 5.41) is 5.10. The summed E-state index contributed by atoms with van der Waals surface area (Å²) in [4.78, 5) is 32.9. The molecule has 1 fully saturated rings. The average molecular weight is 367 g/mol. The minimum absolute atomic E-state index is 0.0279. The number of hydrogen-bond donors (Lipinski definition) is 0. The van der Waals surface area contributed by atoms with Crippen molar-refractivity contribution in [1.82, 2.24) is 19.4 Å². The van der Waals surface area contributed by atoms with E-state index in [2.05, 4.69) is 22.2 Å². The van der Waals surface area contributed by atoms with Crippen LogP contribution in [-0.4, -0.2) is 51.4 Å². The molecular formula is C16H22N4O2S2. The highest BCUT2D eigenvalue weighted by Gasteiger charge is 2.22. The summed E-state index contributed by atoms with van der Waals surface area (Å²) in [5.41, 5.74) is 1.98. The Labute approximate surface area is 149 Å². The SMILES string of the molecule is CCc1nc(CN2CCN(C(=O)Cn3c(C)csc3=O)CC2)cs1. The second-order valence-corrected chi connectivity index (χ2v) is 7.74. The van der Waals surface area contributed by atoms with Crippen LogP contribution in [0.25, 0.3) is 0 Å². The van der Waals surface area contributed by atoms with Crippen LogP contribution >= 0.6 is 22.7 Å². The summed E-state index contributed by atoms with van der Waals surface area (Å²) in [5.74, 6) is 0.0279. The van der Waals surface area contributed by atoms with Gasteiger partial charge >= 0.3 is 4.87 Å². The highest BCUT2D eigenvalue weighted by Crippen LogP contribution is 2.14. The lowest BCUT2D eigenvalue weighted by molar-refractivity contribution is -0.133. The van der Waals surface area contributed by atoms with Crippen LogP contribution < -0.4 is 4.87 Å². The Hall–Kier alpha value is -1.51. The van der Waals surface area contributed by atoms with E-state index in [0.29, 0.717) is 13.1 Å². The van der Waals surface area contributed by atoms with Crippen LogP contribution in [0.5, 0.6) is 0 Å². The fourth-order valence-electron chi connectivity index (χ4n) is 2.80. The van der Waals surface area contributed by atoms with Gasteiger partial charge in [-0.3, -0.25) is 19.1 Å². The van der Waals surface area contributed by atoms with Crippen molar-refractivity contribution in [2.24, 2.45) is 0 Å². The van der Waals surface area contributed by atoms with E-state index in [1.165, 1.54) is 5.01 Å². The third-order valence-corrected chi connectivity index (χ3v) is 6.21. The number of thiazole rings is 2. The number of nitrogens with zero attached hydrogens (tertiary/aromatic N) is 4. The summed E-state index contributed by atoms with van der Waals surface area (Å²) in [6.07, 6.45) is 0.980. The van der Waals surface area contributed by atoms with Gasteiger partial charge in [-0.2, -0.15) is 0 Å². The second-order valence-electron chi connectivity index (χ2n) is 5.97. The lowest BCUT2D eigenvalue weighted by Crippen LogP contribution is -2.49. The zero-order chi connectivity index (χ0) is 17.1. The van der Waals surface area contributed by atoms with Crippen molar-refractivity contribution in [3.05, 3.63) is 36.8 Å². The molecule has 0 atom stereocenters. The minimum atomic E-state index is -0.0604. The Kier molecular flexibility index (Phi) is 5.47. The van der Waals surface area contributed by atoms with Crippen molar-refractivity contribution in [2.75, 3.05) is 26.2 Å². The van der Waals surface area contributed by atoms with E-state index in [4.69, 9.17) is 0 Å². The van der Waals surface area contributed by atoms with Crippen LogP contribution in [0.4, 0.5) is 0 Å². The molecule has 0 saturated carbocycles. The van der Waals surface area contributed by atoms with E-state index < -0.39 is 0 Å². The zero-order valence-corrected chi connectivity index (χ0v) is 15.7. The maximum Gasteiger partial charge on any atom is 0.307 e. The van der Waals surface area contributed by atoms with Gasteiger partial charge in [-0.05, 0) is 13.3 Å².